The number of aromatic nitrogens is 1. The normalized spacial score (nSPS) is 12.1. The highest BCUT2D eigenvalue weighted by Crippen LogP contribution is 2.34. The molecule has 0 aliphatic heterocycles. The second kappa shape index (κ2) is 8.71. The Kier molecular flexibility index (Phi) is 6.91. The van der Waals surface area contributed by atoms with E-state index in [-0.39, 0.29) is 21.9 Å². The van der Waals surface area contributed by atoms with Crippen LogP contribution in [-0.2, 0) is 15.6 Å². The highest BCUT2D eigenvalue weighted by molar-refractivity contribution is 7.92. The molecule has 0 atom stereocenters. The molecule has 0 aliphatic carbocycles. The zero-order valence-corrected chi connectivity index (χ0v) is 19.4. The van der Waals surface area contributed by atoms with Crippen LogP contribution in [0.2, 0.25) is 0 Å². The fraction of sp³-hybridized carbons (Fsp3) is 0.450. The summed E-state index contributed by atoms with van der Waals surface area (Å²) in [5.41, 5.74) is 1.34. The van der Waals surface area contributed by atoms with E-state index in [9.17, 15) is 23.6 Å². The summed E-state index contributed by atoms with van der Waals surface area (Å²) in [6, 6.07) is 4.58. The minimum atomic E-state index is -4.22. The molecule has 0 unspecified atom stereocenters. The van der Waals surface area contributed by atoms with E-state index < -0.39 is 21.7 Å². The number of benzene rings is 1. The Morgan fingerprint density at radius 3 is 2.13 bits per heavy atom. The van der Waals surface area contributed by atoms with Crippen LogP contribution in [0.15, 0.2) is 21.9 Å². The fourth-order valence-corrected chi connectivity index (χ4v) is 4.86. The third kappa shape index (κ3) is 5.36. The van der Waals surface area contributed by atoms with Crippen molar-refractivity contribution in [1.29, 1.82) is 5.26 Å². The van der Waals surface area contributed by atoms with E-state index in [2.05, 4.69) is 16.4 Å². The number of sulfonamides is 1. The lowest BCUT2D eigenvalue weighted by Crippen LogP contribution is -2.35. The number of nitrogens with zero attached hydrogens (tertiary/aromatic N) is 2. The topological polar surface area (TPSA) is 132 Å². The summed E-state index contributed by atoms with van der Waals surface area (Å²) in [6.07, 6.45) is 0. The van der Waals surface area contributed by atoms with E-state index in [0.29, 0.717) is 11.3 Å². The van der Waals surface area contributed by atoms with Gasteiger partial charge in [-0.1, -0.05) is 27.7 Å². The lowest BCUT2D eigenvalue weighted by molar-refractivity contribution is 0.0741. The second-order valence-electron chi connectivity index (χ2n) is 8.07. The van der Waals surface area contributed by atoms with Crippen LogP contribution in [-0.4, -0.2) is 24.5 Å². The van der Waals surface area contributed by atoms with Gasteiger partial charge in [-0.15, -0.1) is 11.3 Å². The number of rotatable bonds is 6. The van der Waals surface area contributed by atoms with Crippen LogP contribution in [0.25, 0.3) is 0 Å². The molecule has 2 aromatic rings. The summed E-state index contributed by atoms with van der Waals surface area (Å²) in [7, 11) is -4.22. The number of amides is 2. The van der Waals surface area contributed by atoms with Crippen molar-refractivity contribution in [3.8, 4) is 6.07 Å². The summed E-state index contributed by atoms with van der Waals surface area (Å²) >= 11 is 0.815. The molecule has 0 saturated heterocycles. The fourth-order valence-electron chi connectivity index (χ4n) is 2.77. The molecule has 0 aliphatic rings. The van der Waals surface area contributed by atoms with E-state index >= 15 is 0 Å². The molecule has 162 valence electrons. The first-order valence-corrected chi connectivity index (χ1v) is 11.7. The standard InChI is InChI=1S/C20H26N4O4S2/c1-11(2)14-7-13(9-21)8-15(12(3)4)17(14)23-18(25)24-30(27,28)19-22-16(10-29-19)20(5,6)26/h7-8,10-12,26H,1-6H3,(H2,23,24,25). The van der Waals surface area contributed by atoms with Gasteiger partial charge in [-0.05, 0) is 48.9 Å². The zero-order chi connectivity index (χ0) is 22.9. The number of urea groups is 1. The highest BCUT2D eigenvalue weighted by Gasteiger charge is 2.27. The lowest BCUT2D eigenvalue weighted by atomic mass is 9.90. The van der Waals surface area contributed by atoms with Gasteiger partial charge < -0.3 is 10.4 Å². The minimum Gasteiger partial charge on any atom is -0.384 e. The molecule has 2 rings (SSSR count). The van der Waals surface area contributed by atoms with Crippen LogP contribution in [0.4, 0.5) is 10.5 Å². The lowest BCUT2D eigenvalue weighted by Gasteiger charge is -2.21. The Balaban J connectivity index is 2.36. The van der Waals surface area contributed by atoms with Gasteiger partial charge in [0, 0.05) is 11.1 Å². The largest absolute Gasteiger partial charge is 0.384 e. The molecule has 8 nitrogen and oxygen atoms in total. The average molecular weight is 451 g/mol. The van der Waals surface area contributed by atoms with Gasteiger partial charge in [0.05, 0.1) is 17.3 Å². The van der Waals surface area contributed by atoms with Crippen molar-refractivity contribution in [3.63, 3.8) is 0 Å². The Labute approximate surface area is 181 Å². The maximum atomic E-state index is 12.6. The number of hydrogen-bond acceptors (Lipinski definition) is 7. The molecule has 1 aromatic carbocycles. The Morgan fingerprint density at radius 1 is 1.20 bits per heavy atom. The first-order chi connectivity index (χ1) is 13.8. The van der Waals surface area contributed by atoms with Gasteiger partial charge in [-0.25, -0.2) is 14.5 Å². The Bertz CT molecular complexity index is 1060. The van der Waals surface area contributed by atoms with Crippen LogP contribution >= 0.6 is 11.3 Å². The molecule has 30 heavy (non-hydrogen) atoms. The molecule has 1 aromatic heterocycles. The quantitative estimate of drug-likeness (QED) is 0.609. The maximum absolute atomic E-state index is 12.6. The number of anilines is 1. The molecule has 10 heteroatoms. The summed E-state index contributed by atoms with van der Waals surface area (Å²) in [5, 5.41) is 23.4. The molecule has 0 spiro atoms. The van der Waals surface area contributed by atoms with Gasteiger partial charge in [-0.2, -0.15) is 13.7 Å². The molecule has 0 saturated carbocycles. The van der Waals surface area contributed by atoms with Crippen LogP contribution in [0, 0.1) is 11.3 Å². The van der Waals surface area contributed by atoms with E-state index in [1.165, 1.54) is 19.2 Å². The van der Waals surface area contributed by atoms with Gasteiger partial charge in [0.25, 0.3) is 10.0 Å². The SMILES string of the molecule is CC(C)c1cc(C#N)cc(C(C)C)c1NC(=O)NS(=O)(=O)c1nc(C(C)(C)O)cs1. The maximum Gasteiger partial charge on any atom is 0.333 e. The van der Waals surface area contributed by atoms with Crippen molar-refractivity contribution < 1.29 is 18.3 Å². The Hall–Kier alpha value is -2.48. The van der Waals surface area contributed by atoms with E-state index in [4.69, 9.17) is 0 Å². The van der Waals surface area contributed by atoms with Crippen molar-refractivity contribution >= 4 is 33.1 Å². The Morgan fingerprint density at radius 2 is 1.73 bits per heavy atom. The number of thiazole rings is 1. The second-order valence-corrected chi connectivity index (χ2v) is 10.8. The first kappa shape index (κ1) is 23.8. The summed E-state index contributed by atoms with van der Waals surface area (Å²) in [6.45, 7) is 10.7. The number of hydrogen-bond donors (Lipinski definition) is 3. The van der Waals surface area contributed by atoms with Crippen molar-refractivity contribution in [1.82, 2.24) is 9.71 Å². The molecule has 0 bridgehead atoms. The molecule has 0 radical (unpaired) electrons. The monoisotopic (exact) mass is 450 g/mol. The predicted molar refractivity (Wildman–Crippen MR) is 116 cm³/mol. The third-order valence-corrected chi connectivity index (χ3v) is 6.96. The number of nitrogens with one attached hydrogen (secondary N) is 2. The van der Waals surface area contributed by atoms with Crippen LogP contribution in [0.1, 0.15) is 75.8 Å². The predicted octanol–water partition coefficient (Wildman–Crippen LogP) is 4.00. The van der Waals surface area contributed by atoms with Crippen LogP contribution < -0.4 is 10.0 Å². The minimum absolute atomic E-state index is 0.00369. The molecular weight excluding hydrogens is 424 g/mol. The number of carbonyl (C=O) groups is 1. The highest BCUT2D eigenvalue weighted by atomic mass is 32.2. The zero-order valence-electron chi connectivity index (χ0n) is 17.8. The first-order valence-electron chi connectivity index (χ1n) is 9.36. The van der Waals surface area contributed by atoms with Gasteiger partial charge >= 0.3 is 6.03 Å². The third-order valence-electron chi connectivity index (χ3n) is 4.38. The molecular formula is C20H26N4O4S2. The molecule has 2 amide bonds. The number of aliphatic hydroxyl groups is 1. The summed E-state index contributed by atoms with van der Waals surface area (Å²) in [5.74, 6) is -0.00738. The number of carbonyl (C=O) groups excluding carboxylic acids is 1. The van der Waals surface area contributed by atoms with Gasteiger partial charge in [-0.3, -0.25) is 0 Å². The van der Waals surface area contributed by atoms with Gasteiger partial charge in [0.1, 0.15) is 5.60 Å². The summed E-state index contributed by atoms with van der Waals surface area (Å²) in [4.78, 5) is 16.5. The number of nitriles is 1. The van der Waals surface area contributed by atoms with Crippen molar-refractivity contribution in [2.75, 3.05) is 5.32 Å². The van der Waals surface area contributed by atoms with Gasteiger partial charge in [0.15, 0.2) is 0 Å². The average Bonchev–Trinajstić information content (AvgIpc) is 3.12. The molecule has 0 fully saturated rings. The van der Waals surface area contributed by atoms with Crippen molar-refractivity contribution in [2.45, 2.75) is 63.3 Å². The smallest absolute Gasteiger partial charge is 0.333 e. The van der Waals surface area contributed by atoms with Crippen molar-refractivity contribution in [3.05, 3.63) is 39.9 Å². The summed E-state index contributed by atoms with van der Waals surface area (Å²) < 4.78 is 26.8. The van der Waals surface area contributed by atoms with Gasteiger partial charge in [0.2, 0.25) is 4.34 Å². The van der Waals surface area contributed by atoms with E-state index in [1.54, 1.807) is 12.1 Å². The van der Waals surface area contributed by atoms with E-state index in [0.717, 1.165) is 22.5 Å². The molecule has 3 N–H and O–H groups in total. The molecule has 1 heterocycles. The van der Waals surface area contributed by atoms with Crippen LogP contribution in [0.5, 0.6) is 0 Å². The van der Waals surface area contributed by atoms with E-state index in [1.807, 2.05) is 32.4 Å². The van der Waals surface area contributed by atoms with Crippen LogP contribution in [0.3, 0.4) is 0 Å². The van der Waals surface area contributed by atoms with Crippen molar-refractivity contribution in [2.24, 2.45) is 0 Å².